The van der Waals surface area contributed by atoms with E-state index in [4.69, 9.17) is 10.00 Å². The molecule has 0 heterocycles. The summed E-state index contributed by atoms with van der Waals surface area (Å²) in [5.74, 6) is -0.155. The van der Waals surface area contributed by atoms with Gasteiger partial charge >= 0.3 is 5.97 Å². The number of hydrogen-bond donors (Lipinski definition) is 0. The van der Waals surface area contributed by atoms with Gasteiger partial charge in [0.15, 0.2) is 0 Å². The smallest absolute Gasteiger partial charge is 0.308 e. The van der Waals surface area contributed by atoms with Crippen LogP contribution in [0.3, 0.4) is 0 Å². The lowest BCUT2D eigenvalue weighted by Crippen LogP contribution is -2.14. The summed E-state index contributed by atoms with van der Waals surface area (Å²) in [4.78, 5) is 11.1. The number of nitrogens with zero attached hydrogens (tertiary/aromatic N) is 1. The van der Waals surface area contributed by atoms with Gasteiger partial charge in [-0.2, -0.15) is 5.26 Å². The van der Waals surface area contributed by atoms with Crippen molar-refractivity contribution < 1.29 is 9.53 Å². The lowest BCUT2D eigenvalue weighted by Gasteiger charge is -2.08. The first-order chi connectivity index (χ1) is 6.22. The SMILES string of the molecule is CCOC(=O)C(C)CCCCC#N. The standard InChI is InChI=1S/C10H17NO2/c1-3-13-10(12)9(2)7-5-4-6-8-11/h9H,3-7H2,1-2H3. The van der Waals surface area contributed by atoms with Crippen molar-refractivity contribution in [1.82, 2.24) is 0 Å². The Balaban J connectivity index is 3.45. The van der Waals surface area contributed by atoms with Crippen LogP contribution in [0.25, 0.3) is 0 Å². The van der Waals surface area contributed by atoms with E-state index >= 15 is 0 Å². The number of hydrogen-bond acceptors (Lipinski definition) is 3. The Morgan fingerprint density at radius 3 is 2.77 bits per heavy atom. The summed E-state index contributed by atoms with van der Waals surface area (Å²) in [6.45, 7) is 4.12. The lowest BCUT2D eigenvalue weighted by molar-refractivity contribution is -0.147. The van der Waals surface area contributed by atoms with Gasteiger partial charge in [0, 0.05) is 6.42 Å². The number of rotatable bonds is 6. The molecule has 0 radical (unpaired) electrons. The van der Waals surface area contributed by atoms with E-state index in [9.17, 15) is 4.79 Å². The first-order valence-corrected chi connectivity index (χ1v) is 4.76. The van der Waals surface area contributed by atoms with E-state index in [-0.39, 0.29) is 11.9 Å². The first-order valence-electron chi connectivity index (χ1n) is 4.76. The molecule has 0 aromatic heterocycles. The number of nitriles is 1. The Hall–Kier alpha value is -1.04. The third-order valence-electron chi connectivity index (χ3n) is 1.86. The van der Waals surface area contributed by atoms with Crippen molar-refractivity contribution in [2.24, 2.45) is 5.92 Å². The summed E-state index contributed by atoms with van der Waals surface area (Å²) >= 11 is 0. The van der Waals surface area contributed by atoms with Gasteiger partial charge in [0.2, 0.25) is 0 Å². The molecule has 0 aromatic carbocycles. The highest BCUT2D eigenvalue weighted by Crippen LogP contribution is 2.10. The average molecular weight is 183 g/mol. The predicted molar refractivity (Wildman–Crippen MR) is 49.9 cm³/mol. The fourth-order valence-electron chi connectivity index (χ4n) is 1.06. The van der Waals surface area contributed by atoms with Crippen LogP contribution in [0.2, 0.25) is 0 Å². The molecule has 3 heteroatoms. The molecule has 74 valence electrons. The Morgan fingerprint density at radius 2 is 2.23 bits per heavy atom. The van der Waals surface area contributed by atoms with Crippen LogP contribution in [0, 0.1) is 17.2 Å². The molecule has 0 aliphatic carbocycles. The molecular formula is C10H17NO2. The number of carbonyl (C=O) groups is 1. The van der Waals surface area contributed by atoms with Gasteiger partial charge in [0.25, 0.3) is 0 Å². The quantitative estimate of drug-likeness (QED) is 0.469. The lowest BCUT2D eigenvalue weighted by atomic mass is 10.0. The molecule has 0 amide bonds. The van der Waals surface area contributed by atoms with Gasteiger partial charge in [-0.05, 0) is 19.8 Å². The van der Waals surface area contributed by atoms with Gasteiger partial charge in [0.05, 0.1) is 18.6 Å². The van der Waals surface area contributed by atoms with Gasteiger partial charge in [-0.15, -0.1) is 0 Å². The highest BCUT2D eigenvalue weighted by molar-refractivity contribution is 5.71. The largest absolute Gasteiger partial charge is 0.466 e. The fraction of sp³-hybridized carbons (Fsp3) is 0.800. The zero-order chi connectivity index (χ0) is 10.1. The van der Waals surface area contributed by atoms with E-state index in [0.717, 1.165) is 19.3 Å². The molecule has 0 N–H and O–H groups in total. The molecule has 1 unspecified atom stereocenters. The second kappa shape index (κ2) is 7.60. The van der Waals surface area contributed by atoms with Crippen LogP contribution in [0.15, 0.2) is 0 Å². The summed E-state index contributed by atoms with van der Waals surface area (Å²) in [6.07, 6.45) is 3.20. The summed E-state index contributed by atoms with van der Waals surface area (Å²) in [6, 6.07) is 2.08. The number of carbonyl (C=O) groups excluding carboxylic acids is 1. The van der Waals surface area contributed by atoms with Crippen LogP contribution in [-0.4, -0.2) is 12.6 Å². The normalized spacial score (nSPS) is 11.8. The molecular weight excluding hydrogens is 166 g/mol. The zero-order valence-corrected chi connectivity index (χ0v) is 8.38. The Labute approximate surface area is 79.7 Å². The van der Waals surface area contributed by atoms with Gasteiger partial charge in [-0.3, -0.25) is 4.79 Å². The second-order valence-corrected chi connectivity index (χ2v) is 3.06. The molecule has 0 aromatic rings. The van der Waals surface area contributed by atoms with Crippen LogP contribution in [0.1, 0.15) is 39.5 Å². The molecule has 0 fully saturated rings. The van der Waals surface area contributed by atoms with Gasteiger partial charge in [-0.1, -0.05) is 13.3 Å². The van der Waals surface area contributed by atoms with Crippen LogP contribution in [0.4, 0.5) is 0 Å². The Kier molecular flexibility index (Phi) is 6.99. The minimum Gasteiger partial charge on any atom is -0.466 e. The van der Waals surface area contributed by atoms with Crippen molar-refractivity contribution in [2.45, 2.75) is 39.5 Å². The third kappa shape index (κ3) is 6.15. The number of esters is 1. The predicted octanol–water partition coefficient (Wildman–Crippen LogP) is 2.27. The molecule has 0 saturated carbocycles. The Morgan fingerprint density at radius 1 is 1.54 bits per heavy atom. The van der Waals surface area contributed by atoms with Crippen molar-refractivity contribution >= 4 is 5.97 Å². The van der Waals surface area contributed by atoms with Crippen LogP contribution < -0.4 is 0 Å². The van der Waals surface area contributed by atoms with E-state index in [1.807, 2.05) is 6.92 Å². The molecule has 1 atom stereocenters. The van der Waals surface area contributed by atoms with Crippen molar-refractivity contribution in [1.29, 1.82) is 5.26 Å². The molecule has 0 aliphatic heterocycles. The first kappa shape index (κ1) is 12.0. The van der Waals surface area contributed by atoms with E-state index in [2.05, 4.69) is 6.07 Å². The monoisotopic (exact) mass is 183 g/mol. The highest BCUT2D eigenvalue weighted by atomic mass is 16.5. The third-order valence-corrected chi connectivity index (χ3v) is 1.86. The minimum absolute atomic E-state index is 0.0290. The molecule has 0 spiro atoms. The molecule has 3 nitrogen and oxygen atoms in total. The maximum Gasteiger partial charge on any atom is 0.308 e. The highest BCUT2D eigenvalue weighted by Gasteiger charge is 2.12. The average Bonchev–Trinajstić information content (AvgIpc) is 2.12. The molecule has 0 aliphatic rings. The van der Waals surface area contributed by atoms with E-state index in [0.29, 0.717) is 13.0 Å². The van der Waals surface area contributed by atoms with Crippen LogP contribution in [0.5, 0.6) is 0 Å². The van der Waals surface area contributed by atoms with Crippen molar-refractivity contribution in [2.75, 3.05) is 6.61 Å². The summed E-state index contributed by atoms with van der Waals surface area (Å²) in [5, 5.41) is 8.28. The number of unbranched alkanes of at least 4 members (excludes halogenated alkanes) is 2. The number of ether oxygens (including phenoxy) is 1. The van der Waals surface area contributed by atoms with Crippen molar-refractivity contribution in [3.05, 3.63) is 0 Å². The molecule has 0 bridgehead atoms. The van der Waals surface area contributed by atoms with Crippen LogP contribution >= 0.6 is 0 Å². The van der Waals surface area contributed by atoms with Crippen LogP contribution in [-0.2, 0) is 9.53 Å². The topological polar surface area (TPSA) is 50.1 Å². The Bertz CT molecular complexity index is 184. The summed E-state index contributed by atoms with van der Waals surface area (Å²) in [5.41, 5.74) is 0. The summed E-state index contributed by atoms with van der Waals surface area (Å²) in [7, 11) is 0. The van der Waals surface area contributed by atoms with E-state index < -0.39 is 0 Å². The zero-order valence-electron chi connectivity index (χ0n) is 8.38. The van der Waals surface area contributed by atoms with E-state index in [1.54, 1.807) is 6.92 Å². The van der Waals surface area contributed by atoms with Crippen molar-refractivity contribution in [3.8, 4) is 6.07 Å². The van der Waals surface area contributed by atoms with Gasteiger partial charge < -0.3 is 4.74 Å². The van der Waals surface area contributed by atoms with E-state index in [1.165, 1.54) is 0 Å². The molecule has 0 saturated heterocycles. The minimum atomic E-state index is -0.126. The van der Waals surface area contributed by atoms with Gasteiger partial charge in [0.1, 0.15) is 0 Å². The fourth-order valence-corrected chi connectivity index (χ4v) is 1.06. The molecule has 0 rings (SSSR count). The van der Waals surface area contributed by atoms with Crippen molar-refractivity contribution in [3.63, 3.8) is 0 Å². The molecule has 13 heavy (non-hydrogen) atoms. The van der Waals surface area contributed by atoms with Gasteiger partial charge in [-0.25, -0.2) is 0 Å². The second-order valence-electron chi connectivity index (χ2n) is 3.06. The maximum atomic E-state index is 11.1. The maximum absolute atomic E-state index is 11.1. The summed E-state index contributed by atoms with van der Waals surface area (Å²) < 4.78 is 4.86.